The zero-order valence-corrected chi connectivity index (χ0v) is 20.6. The van der Waals surface area contributed by atoms with Crippen LogP contribution in [-0.4, -0.2) is 20.7 Å². The van der Waals surface area contributed by atoms with Crippen LogP contribution in [0.1, 0.15) is 70.2 Å². The minimum absolute atomic E-state index is 0.0593. The number of aliphatic imine (C=N–C) groups is 1. The number of aromatic nitrogens is 2. The van der Waals surface area contributed by atoms with Crippen LogP contribution in [0.5, 0.6) is 5.75 Å². The molecule has 2 aromatic rings. The Morgan fingerprint density at radius 1 is 1.28 bits per heavy atom. The first-order valence-corrected chi connectivity index (χ1v) is 12.4. The molecule has 0 spiro atoms. The van der Waals surface area contributed by atoms with Crippen molar-refractivity contribution in [3.05, 3.63) is 57.0 Å². The third-order valence-electron chi connectivity index (χ3n) is 5.49. The number of allylic oxidation sites excluding steroid dienone is 2. The third kappa shape index (κ3) is 5.44. The Balaban J connectivity index is 0.00000141. The van der Waals surface area contributed by atoms with Gasteiger partial charge in [0, 0.05) is 13.0 Å². The zero-order chi connectivity index (χ0) is 23.3. The van der Waals surface area contributed by atoms with E-state index in [9.17, 15) is 9.90 Å². The van der Waals surface area contributed by atoms with Crippen LogP contribution >= 0.6 is 11.9 Å². The highest BCUT2D eigenvalue weighted by molar-refractivity contribution is 7.98. The molecular formula is C25H34N4O2S. The molecule has 7 heteroatoms. The molecule has 1 aromatic carbocycles. The van der Waals surface area contributed by atoms with E-state index in [0.717, 1.165) is 41.8 Å². The van der Waals surface area contributed by atoms with E-state index in [2.05, 4.69) is 40.8 Å². The van der Waals surface area contributed by atoms with E-state index in [1.807, 2.05) is 32.9 Å². The van der Waals surface area contributed by atoms with Gasteiger partial charge in [0.25, 0.3) is 5.56 Å². The maximum absolute atomic E-state index is 13.3. The molecule has 0 fully saturated rings. The van der Waals surface area contributed by atoms with Crippen molar-refractivity contribution >= 4 is 23.5 Å². The Labute approximate surface area is 195 Å². The molecule has 1 aromatic heterocycles. The smallest absolute Gasteiger partial charge is 0.281 e. The van der Waals surface area contributed by atoms with Crippen LogP contribution in [0.15, 0.2) is 44.5 Å². The summed E-state index contributed by atoms with van der Waals surface area (Å²) in [6, 6.07) is 5.99. The van der Waals surface area contributed by atoms with Gasteiger partial charge in [0.1, 0.15) is 11.3 Å². The normalized spacial score (nSPS) is 14.8. The fourth-order valence-electron chi connectivity index (χ4n) is 3.74. The van der Waals surface area contributed by atoms with Crippen molar-refractivity contribution in [2.75, 3.05) is 0 Å². The highest BCUT2D eigenvalue weighted by Gasteiger charge is 2.25. The molecule has 2 N–H and O–H groups in total. The average Bonchev–Trinajstić information content (AvgIpc) is 3.29. The summed E-state index contributed by atoms with van der Waals surface area (Å²) in [6.07, 6.45) is 6.85. The summed E-state index contributed by atoms with van der Waals surface area (Å²) in [6.45, 7) is 10.8. The van der Waals surface area contributed by atoms with Crippen LogP contribution in [-0.2, 0) is 13.0 Å². The van der Waals surface area contributed by atoms with Crippen LogP contribution in [0.25, 0.3) is 0 Å². The first kappa shape index (κ1) is 24.1. The number of benzene rings is 1. The van der Waals surface area contributed by atoms with Gasteiger partial charge in [-0.3, -0.25) is 4.79 Å². The Kier molecular flexibility index (Phi) is 8.18. The lowest BCUT2D eigenvalue weighted by atomic mass is 10.1. The lowest BCUT2D eigenvalue weighted by molar-refractivity contribution is 0.430. The average molecular weight is 455 g/mol. The first-order valence-electron chi connectivity index (χ1n) is 11.6. The van der Waals surface area contributed by atoms with Gasteiger partial charge in [-0.25, -0.2) is 9.67 Å². The molecule has 0 saturated carbocycles. The summed E-state index contributed by atoms with van der Waals surface area (Å²) >= 11 is 1.41. The summed E-state index contributed by atoms with van der Waals surface area (Å²) in [5.41, 5.74) is 3.67. The summed E-state index contributed by atoms with van der Waals surface area (Å²) in [4.78, 5) is 18.9. The molecule has 1 aliphatic heterocycles. The summed E-state index contributed by atoms with van der Waals surface area (Å²) in [5.74, 6) is 0.782. The zero-order valence-electron chi connectivity index (χ0n) is 19.7. The number of aryl methyl sites for hydroxylation is 2. The van der Waals surface area contributed by atoms with Crippen molar-refractivity contribution in [3.63, 3.8) is 0 Å². The third-order valence-corrected chi connectivity index (χ3v) is 6.33. The Morgan fingerprint density at radius 2 is 2.06 bits per heavy atom. The molecule has 0 radical (unpaired) electrons. The van der Waals surface area contributed by atoms with E-state index in [1.165, 1.54) is 22.2 Å². The van der Waals surface area contributed by atoms with Crippen LogP contribution in [0.3, 0.4) is 0 Å². The van der Waals surface area contributed by atoms with Gasteiger partial charge < -0.3 is 9.83 Å². The van der Waals surface area contributed by atoms with Gasteiger partial charge in [-0.2, -0.15) is 5.10 Å². The molecule has 0 saturated heterocycles. The lowest BCUT2D eigenvalue weighted by Gasteiger charge is -2.19. The molecule has 0 bridgehead atoms. The number of rotatable bonds is 6. The molecule has 0 atom stereocenters. The van der Waals surface area contributed by atoms with Gasteiger partial charge in [-0.1, -0.05) is 45.4 Å². The molecule has 2 aliphatic rings. The van der Waals surface area contributed by atoms with Gasteiger partial charge in [-0.05, 0) is 68.2 Å². The van der Waals surface area contributed by atoms with E-state index in [4.69, 9.17) is 0 Å². The number of nitrogens with zero attached hydrogens (tertiary/aromatic N) is 3. The number of amidine groups is 1. The standard InChI is InChI=1S/C23H28N4O2S.C2H6/c1-14(2)10-11-27-23(29)20(21(28)18(25-27)13-16-6-4-5-7-16)22-24-17-9-8-15(3)12-19(17)30-26-22;1-2/h6,8-9,12,14,28H,4-5,7,10-11,13H2,1-3H3,(H,24,26);1-2H3. The highest BCUT2D eigenvalue weighted by atomic mass is 32.2. The van der Waals surface area contributed by atoms with E-state index in [-0.39, 0.29) is 16.9 Å². The van der Waals surface area contributed by atoms with Gasteiger partial charge in [0.15, 0.2) is 11.6 Å². The molecule has 4 rings (SSSR count). The molecule has 6 nitrogen and oxygen atoms in total. The van der Waals surface area contributed by atoms with Crippen LogP contribution in [0.4, 0.5) is 5.69 Å². The van der Waals surface area contributed by atoms with Crippen LogP contribution < -0.4 is 10.3 Å². The topological polar surface area (TPSA) is 79.5 Å². The van der Waals surface area contributed by atoms with E-state index < -0.39 is 0 Å². The second kappa shape index (κ2) is 10.9. The monoisotopic (exact) mass is 454 g/mol. The number of hydrogen-bond acceptors (Lipinski definition) is 6. The fraction of sp³-hybridized carbons (Fsp3) is 0.480. The van der Waals surface area contributed by atoms with E-state index in [1.54, 1.807) is 0 Å². The molecule has 0 amide bonds. The van der Waals surface area contributed by atoms with Crippen molar-refractivity contribution in [2.24, 2.45) is 10.9 Å². The van der Waals surface area contributed by atoms with Crippen molar-refractivity contribution < 1.29 is 5.11 Å². The molecule has 2 heterocycles. The fourth-order valence-corrected chi connectivity index (χ4v) is 4.56. The largest absolute Gasteiger partial charge is 0.505 e. The minimum Gasteiger partial charge on any atom is -0.505 e. The van der Waals surface area contributed by atoms with Crippen LogP contribution in [0, 0.1) is 12.8 Å². The number of aromatic hydroxyl groups is 1. The van der Waals surface area contributed by atoms with E-state index in [0.29, 0.717) is 30.4 Å². The maximum Gasteiger partial charge on any atom is 0.281 e. The summed E-state index contributed by atoms with van der Waals surface area (Å²) in [7, 11) is 0. The number of fused-ring (bicyclic) bond motifs is 1. The predicted octanol–water partition coefficient (Wildman–Crippen LogP) is 5.67. The second-order valence-electron chi connectivity index (χ2n) is 8.45. The first-order chi connectivity index (χ1) is 15.4. The molecule has 172 valence electrons. The van der Waals surface area contributed by atoms with Gasteiger partial charge in [0.05, 0.1) is 10.6 Å². The molecular weight excluding hydrogens is 420 g/mol. The molecule has 0 unspecified atom stereocenters. The van der Waals surface area contributed by atoms with Crippen molar-refractivity contribution in [1.29, 1.82) is 0 Å². The van der Waals surface area contributed by atoms with Crippen molar-refractivity contribution in [2.45, 2.75) is 78.2 Å². The quantitative estimate of drug-likeness (QED) is 0.434. The summed E-state index contributed by atoms with van der Waals surface area (Å²) < 4.78 is 4.66. The van der Waals surface area contributed by atoms with Gasteiger partial charge >= 0.3 is 0 Å². The highest BCUT2D eigenvalue weighted by Crippen LogP contribution is 2.34. The predicted molar refractivity (Wildman–Crippen MR) is 133 cm³/mol. The van der Waals surface area contributed by atoms with Crippen molar-refractivity contribution in [3.8, 4) is 5.75 Å². The lowest BCUT2D eigenvalue weighted by Crippen LogP contribution is -2.34. The Bertz CT molecular complexity index is 1090. The van der Waals surface area contributed by atoms with Gasteiger partial charge in [0.2, 0.25) is 0 Å². The second-order valence-corrected chi connectivity index (χ2v) is 9.30. The van der Waals surface area contributed by atoms with Gasteiger partial charge in [-0.15, -0.1) is 0 Å². The molecule has 32 heavy (non-hydrogen) atoms. The minimum atomic E-state index is -0.306. The Morgan fingerprint density at radius 3 is 2.75 bits per heavy atom. The Hall–Kier alpha value is -2.54. The maximum atomic E-state index is 13.3. The van der Waals surface area contributed by atoms with E-state index >= 15 is 0 Å². The summed E-state index contributed by atoms with van der Waals surface area (Å²) in [5, 5.41) is 15.6. The van der Waals surface area contributed by atoms with Crippen LogP contribution in [0.2, 0.25) is 0 Å². The van der Waals surface area contributed by atoms with Crippen molar-refractivity contribution in [1.82, 2.24) is 14.5 Å². The molecule has 1 aliphatic carbocycles. The number of hydrogen-bond donors (Lipinski definition) is 2. The SMILES string of the molecule is CC.Cc1ccc2c(c1)SNC(c1c(O)c(CC3=CCCC3)nn(CCC(C)C)c1=O)=N2. The number of nitrogens with one attached hydrogen (secondary N) is 1.